The first kappa shape index (κ1) is 8.25. The van der Waals surface area contributed by atoms with Crippen molar-refractivity contribution in [2.24, 2.45) is 0 Å². The molecule has 1 N–H and O–H groups in total. The number of nitrogens with zero attached hydrogens (tertiary/aromatic N) is 3. The van der Waals surface area contributed by atoms with E-state index in [9.17, 15) is 4.79 Å². The van der Waals surface area contributed by atoms with Gasteiger partial charge in [0, 0.05) is 12.4 Å². The molecule has 0 fully saturated rings. The van der Waals surface area contributed by atoms with E-state index < -0.39 is 0 Å². The lowest BCUT2D eigenvalue weighted by Gasteiger charge is -1.99. The van der Waals surface area contributed by atoms with Crippen molar-refractivity contribution in [2.45, 2.75) is 6.54 Å². The Morgan fingerprint density at radius 1 is 1.54 bits per heavy atom. The third kappa shape index (κ3) is 1.31. The van der Waals surface area contributed by atoms with Crippen molar-refractivity contribution in [3.63, 3.8) is 0 Å². The predicted octanol–water partition coefficient (Wildman–Crippen LogP) is 0.358. The van der Waals surface area contributed by atoms with Crippen molar-refractivity contribution in [2.75, 3.05) is 5.88 Å². The van der Waals surface area contributed by atoms with Crippen LogP contribution in [0.15, 0.2) is 17.4 Å². The highest BCUT2D eigenvalue weighted by molar-refractivity contribution is 6.17. The number of fused-ring (bicyclic) bond motifs is 1. The molecule has 13 heavy (non-hydrogen) atoms. The van der Waals surface area contributed by atoms with Gasteiger partial charge in [0.05, 0.1) is 6.33 Å². The summed E-state index contributed by atoms with van der Waals surface area (Å²) in [6.45, 7) is 0.461. The summed E-state index contributed by atoms with van der Waals surface area (Å²) in [6, 6.07) is 0. The number of aryl methyl sites for hydroxylation is 1. The van der Waals surface area contributed by atoms with E-state index >= 15 is 0 Å². The van der Waals surface area contributed by atoms with Gasteiger partial charge >= 0.3 is 0 Å². The number of hydrogen-bond donors (Lipinski definition) is 1. The predicted molar refractivity (Wildman–Crippen MR) is 48.9 cm³/mol. The first-order valence-electron chi connectivity index (χ1n) is 3.77. The summed E-state index contributed by atoms with van der Waals surface area (Å²) in [5.41, 5.74) is 0.728. The van der Waals surface area contributed by atoms with Crippen molar-refractivity contribution in [3.05, 3.63) is 23.0 Å². The van der Waals surface area contributed by atoms with Gasteiger partial charge in [0.1, 0.15) is 6.33 Å². The normalized spacial score (nSPS) is 10.8. The first-order chi connectivity index (χ1) is 6.33. The Bertz CT molecular complexity index is 475. The summed E-state index contributed by atoms with van der Waals surface area (Å²) in [6.07, 6.45) is 2.90. The molecule has 2 aromatic heterocycles. The number of hydrogen-bond acceptors (Lipinski definition) is 3. The number of H-pyrrole nitrogens is 1. The second-order valence-corrected chi connectivity index (χ2v) is 2.91. The molecular formula is C7H7ClN4O. The fraction of sp³-hybridized carbons (Fsp3) is 0.286. The summed E-state index contributed by atoms with van der Waals surface area (Å²) < 4.78 is 1.45. The van der Waals surface area contributed by atoms with Gasteiger partial charge in [-0.15, -0.1) is 11.6 Å². The number of rotatable bonds is 2. The molecule has 2 rings (SSSR count). The topological polar surface area (TPSA) is 63.6 Å². The van der Waals surface area contributed by atoms with Crippen LogP contribution in [-0.2, 0) is 6.54 Å². The van der Waals surface area contributed by atoms with Crippen molar-refractivity contribution in [1.29, 1.82) is 0 Å². The van der Waals surface area contributed by atoms with Gasteiger partial charge in [0.15, 0.2) is 11.2 Å². The SMILES string of the molecule is O=c1c2[nH]cnc2ncn1CCCl. The summed E-state index contributed by atoms with van der Waals surface area (Å²) in [5, 5.41) is 0. The quantitative estimate of drug-likeness (QED) is 0.709. The molecule has 0 aromatic carbocycles. The number of imidazole rings is 1. The molecule has 0 atom stereocenters. The van der Waals surface area contributed by atoms with Crippen LogP contribution in [0.3, 0.4) is 0 Å². The second-order valence-electron chi connectivity index (χ2n) is 2.53. The molecule has 0 saturated heterocycles. The molecule has 0 aliphatic rings. The Hall–Kier alpha value is -1.36. The molecular weight excluding hydrogens is 192 g/mol. The number of alkyl halides is 1. The lowest BCUT2D eigenvalue weighted by atomic mass is 10.5. The van der Waals surface area contributed by atoms with E-state index in [0.29, 0.717) is 23.6 Å². The molecule has 68 valence electrons. The smallest absolute Gasteiger partial charge is 0.279 e. The molecule has 0 radical (unpaired) electrons. The fourth-order valence-corrected chi connectivity index (χ4v) is 1.30. The fourth-order valence-electron chi connectivity index (χ4n) is 1.11. The molecule has 2 heterocycles. The van der Waals surface area contributed by atoms with Crippen LogP contribution in [0.4, 0.5) is 0 Å². The van der Waals surface area contributed by atoms with Crippen LogP contribution in [0.5, 0.6) is 0 Å². The highest BCUT2D eigenvalue weighted by Crippen LogP contribution is 1.97. The zero-order valence-electron chi connectivity index (χ0n) is 6.70. The van der Waals surface area contributed by atoms with E-state index in [1.54, 1.807) is 0 Å². The van der Waals surface area contributed by atoms with Crippen LogP contribution in [0.1, 0.15) is 0 Å². The highest BCUT2D eigenvalue weighted by Gasteiger charge is 2.04. The van der Waals surface area contributed by atoms with Crippen molar-refractivity contribution < 1.29 is 0 Å². The Labute approximate surface area is 78.4 Å². The Balaban J connectivity index is 2.67. The molecule has 2 aromatic rings. The Morgan fingerprint density at radius 2 is 2.38 bits per heavy atom. The minimum Gasteiger partial charge on any atom is -0.339 e. The third-order valence-corrected chi connectivity index (χ3v) is 1.91. The van der Waals surface area contributed by atoms with Gasteiger partial charge in [-0.1, -0.05) is 0 Å². The lowest BCUT2D eigenvalue weighted by molar-refractivity contribution is 0.720. The zero-order valence-corrected chi connectivity index (χ0v) is 7.45. The maximum absolute atomic E-state index is 11.6. The van der Waals surface area contributed by atoms with Crippen LogP contribution in [-0.4, -0.2) is 25.4 Å². The largest absolute Gasteiger partial charge is 0.339 e. The molecule has 0 saturated carbocycles. The third-order valence-electron chi connectivity index (χ3n) is 1.74. The van der Waals surface area contributed by atoms with E-state index in [1.165, 1.54) is 17.2 Å². The summed E-state index contributed by atoms with van der Waals surface area (Å²) >= 11 is 5.52. The summed E-state index contributed by atoms with van der Waals surface area (Å²) in [7, 11) is 0. The van der Waals surface area contributed by atoms with E-state index in [-0.39, 0.29) is 5.56 Å². The molecule has 0 amide bonds. The van der Waals surface area contributed by atoms with Crippen molar-refractivity contribution >= 4 is 22.8 Å². The van der Waals surface area contributed by atoms with Crippen molar-refractivity contribution in [1.82, 2.24) is 19.5 Å². The van der Waals surface area contributed by atoms with Crippen LogP contribution in [0, 0.1) is 0 Å². The van der Waals surface area contributed by atoms with E-state index in [4.69, 9.17) is 11.6 Å². The lowest BCUT2D eigenvalue weighted by Crippen LogP contribution is -2.21. The standard InChI is InChI=1S/C7H7ClN4O/c8-1-2-12-4-11-6-5(7(12)13)9-3-10-6/h3-4H,1-2H2,(H,9,10). The van der Waals surface area contributed by atoms with Gasteiger partial charge in [0.25, 0.3) is 5.56 Å². The molecule has 0 aliphatic carbocycles. The van der Waals surface area contributed by atoms with Crippen LogP contribution in [0.2, 0.25) is 0 Å². The monoisotopic (exact) mass is 198 g/mol. The molecule has 6 heteroatoms. The number of nitrogens with one attached hydrogen (secondary N) is 1. The number of aromatic amines is 1. The van der Waals surface area contributed by atoms with Crippen LogP contribution in [0.25, 0.3) is 11.2 Å². The Kier molecular flexibility index (Phi) is 2.02. The molecule has 0 bridgehead atoms. The van der Waals surface area contributed by atoms with Gasteiger partial charge in [-0.05, 0) is 0 Å². The van der Waals surface area contributed by atoms with E-state index in [0.717, 1.165) is 0 Å². The summed E-state index contributed by atoms with van der Waals surface area (Å²) in [4.78, 5) is 22.2. The average Bonchev–Trinajstić information content (AvgIpc) is 2.58. The number of halogens is 1. The first-order valence-corrected chi connectivity index (χ1v) is 4.31. The van der Waals surface area contributed by atoms with Crippen LogP contribution >= 0.6 is 11.6 Å². The van der Waals surface area contributed by atoms with Gasteiger partial charge < -0.3 is 4.98 Å². The molecule has 0 unspecified atom stereocenters. The molecule has 5 nitrogen and oxygen atoms in total. The van der Waals surface area contributed by atoms with E-state index in [2.05, 4.69) is 15.0 Å². The van der Waals surface area contributed by atoms with Gasteiger partial charge in [0.2, 0.25) is 0 Å². The van der Waals surface area contributed by atoms with Gasteiger partial charge in [-0.3, -0.25) is 9.36 Å². The highest BCUT2D eigenvalue weighted by atomic mass is 35.5. The minimum absolute atomic E-state index is 0.136. The maximum atomic E-state index is 11.6. The molecule has 0 spiro atoms. The minimum atomic E-state index is -0.136. The van der Waals surface area contributed by atoms with E-state index in [1.807, 2.05) is 0 Å². The zero-order chi connectivity index (χ0) is 9.26. The van der Waals surface area contributed by atoms with Gasteiger partial charge in [-0.2, -0.15) is 0 Å². The Morgan fingerprint density at radius 3 is 3.15 bits per heavy atom. The average molecular weight is 199 g/mol. The van der Waals surface area contributed by atoms with Crippen LogP contribution < -0.4 is 5.56 Å². The second kappa shape index (κ2) is 3.18. The summed E-state index contributed by atoms with van der Waals surface area (Å²) in [5.74, 6) is 0.390. The number of aromatic nitrogens is 4. The molecule has 0 aliphatic heterocycles. The maximum Gasteiger partial charge on any atom is 0.279 e. The van der Waals surface area contributed by atoms with Crippen molar-refractivity contribution in [3.8, 4) is 0 Å². The van der Waals surface area contributed by atoms with Gasteiger partial charge in [-0.25, -0.2) is 9.97 Å².